The predicted molar refractivity (Wildman–Crippen MR) is 74.2 cm³/mol. The second-order valence-electron chi connectivity index (χ2n) is 4.52. The summed E-state index contributed by atoms with van der Waals surface area (Å²) in [5.41, 5.74) is -1.55. The average Bonchev–Trinajstić information content (AvgIpc) is 2.85. The lowest BCUT2D eigenvalue weighted by Gasteiger charge is -2.14. The topological polar surface area (TPSA) is 163 Å². The van der Waals surface area contributed by atoms with Gasteiger partial charge in [-0.3, -0.25) is 9.78 Å². The highest BCUT2D eigenvalue weighted by Crippen LogP contribution is 2.27. The van der Waals surface area contributed by atoms with Crippen LogP contribution in [0.15, 0.2) is 40.6 Å². The normalized spacial score (nSPS) is 26.4. The number of H-pyrrole nitrogens is 1. The molecule has 124 valence electrons. The van der Waals surface area contributed by atoms with Gasteiger partial charge in [-0.2, -0.15) is 9.78 Å². The van der Waals surface area contributed by atoms with Gasteiger partial charge in [0.15, 0.2) is 6.23 Å². The first-order valence-corrected chi connectivity index (χ1v) is 6.55. The Hall–Kier alpha value is -2.47. The molecular formula is C12H15N5O6. The Morgan fingerprint density at radius 2 is 1.91 bits per heavy atom. The zero-order valence-corrected chi connectivity index (χ0v) is 11.8. The van der Waals surface area contributed by atoms with Crippen LogP contribution in [0.3, 0.4) is 0 Å². The third kappa shape index (κ3) is 4.04. The minimum absolute atomic E-state index is 0.507. The zero-order valence-electron chi connectivity index (χ0n) is 11.8. The number of aromatic amines is 1. The van der Waals surface area contributed by atoms with Crippen molar-refractivity contribution in [1.29, 1.82) is 0 Å². The van der Waals surface area contributed by atoms with Gasteiger partial charge in [0, 0.05) is 12.4 Å². The summed E-state index contributed by atoms with van der Waals surface area (Å²) in [6.45, 7) is -0.507. The summed E-state index contributed by atoms with van der Waals surface area (Å²) in [6.07, 6.45) is 0.729. The van der Waals surface area contributed by atoms with Gasteiger partial charge in [-0.25, -0.2) is 14.8 Å². The summed E-state index contributed by atoms with van der Waals surface area (Å²) in [5, 5.41) is 31.5. The lowest BCUT2D eigenvalue weighted by molar-refractivity contribution is -0.0618. The smallest absolute Gasteiger partial charge is 0.347 e. The van der Waals surface area contributed by atoms with Crippen LogP contribution in [0.25, 0.3) is 0 Å². The summed E-state index contributed by atoms with van der Waals surface area (Å²) < 4.78 is 5.77. The number of nitrogens with zero attached hydrogens (tertiary/aromatic N) is 4. The SMILES string of the molecule is O=c1cnn([C@@H]2O[C@H](CO)[C@@H](O)[C@H]2O)c(=O)[nH]1.c1cncnc1. The van der Waals surface area contributed by atoms with E-state index in [9.17, 15) is 19.8 Å². The van der Waals surface area contributed by atoms with E-state index in [2.05, 4.69) is 15.1 Å². The van der Waals surface area contributed by atoms with E-state index in [1.54, 1.807) is 18.5 Å². The van der Waals surface area contributed by atoms with Crippen molar-refractivity contribution < 1.29 is 20.1 Å². The number of hydrogen-bond donors (Lipinski definition) is 4. The Kier molecular flexibility index (Phi) is 5.65. The van der Waals surface area contributed by atoms with Crippen LogP contribution in [0.5, 0.6) is 0 Å². The first-order chi connectivity index (χ1) is 11.0. The average molecular weight is 325 g/mol. The first kappa shape index (κ1) is 16.9. The number of nitrogens with one attached hydrogen (secondary N) is 1. The van der Waals surface area contributed by atoms with Crippen molar-refractivity contribution in [3.8, 4) is 0 Å². The molecule has 1 aliphatic rings. The van der Waals surface area contributed by atoms with Gasteiger partial charge < -0.3 is 20.1 Å². The first-order valence-electron chi connectivity index (χ1n) is 6.55. The lowest BCUT2D eigenvalue weighted by atomic mass is 10.1. The molecule has 0 amide bonds. The van der Waals surface area contributed by atoms with E-state index in [0.29, 0.717) is 4.68 Å². The summed E-state index contributed by atoms with van der Waals surface area (Å²) in [5.74, 6) is 0. The molecule has 2 aromatic heterocycles. The van der Waals surface area contributed by atoms with Crippen LogP contribution in [0.1, 0.15) is 6.23 Å². The Bertz CT molecular complexity index is 693. The molecule has 2 aromatic rings. The van der Waals surface area contributed by atoms with Crippen LogP contribution in [0.4, 0.5) is 0 Å². The molecule has 1 aliphatic heterocycles. The van der Waals surface area contributed by atoms with Crippen LogP contribution in [-0.4, -0.2) is 65.0 Å². The maximum Gasteiger partial charge on any atom is 0.347 e. The van der Waals surface area contributed by atoms with Gasteiger partial charge in [0.25, 0.3) is 5.56 Å². The van der Waals surface area contributed by atoms with E-state index in [1.165, 1.54) is 6.33 Å². The van der Waals surface area contributed by atoms with Crippen molar-refractivity contribution in [1.82, 2.24) is 24.7 Å². The van der Waals surface area contributed by atoms with E-state index in [1.807, 2.05) is 4.98 Å². The number of aliphatic hydroxyl groups is 3. The number of rotatable bonds is 2. The minimum Gasteiger partial charge on any atom is -0.394 e. The van der Waals surface area contributed by atoms with Crippen molar-refractivity contribution in [3.63, 3.8) is 0 Å². The number of aliphatic hydroxyl groups excluding tert-OH is 3. The standard InChI is InChI=1S/C8H11N3O6.C4H4N2/c12-2-3-5(14)6(15)7(17-3)11-8(16)10-4(13)1-9-11;1-2-5-4-6-3-1/h1,3,5-7,12,14-15H,2H2,(H,10,13,16);1-4H/t3-,5-,6-,7-;/m1./s1. The largest absolute Gasteiger partial charge is 0.394 e. The minimum atomic E-state index is -1.41. The molecule has 0 aromatic carbocycles. The fourth-order valence-electron chi connectivity index (χ4n) is 1.88. The van der Waals surface area contributed by atoms with Gasteiger partial charge in [0.2, 0.25) is 0 Å². The summed E-state index contributed by atoms with van der Waals surface area (Å²) in [4.78, 5) is 31.5. The van der Waals surface area contributed by atoms with Gasteiger partial charge in [-0.05, 0) is 6.07 Å². The van der Waals surface area contributed by atoms with Crippen molar-refractivity contribution >= 4 is 0 Å². The molecule has 11 heteroatoms. The van der Waals surface area contributed by atoms with Crippen LogP contribution in [0.2, 0.25) is 0 Å². The van der Waals surface area contributed by atoms with Gasteiger partial charge >= 0.3 is 5.69 Å². The summed E-state index contributed by atoms with van der Waals surface area (Å²) in [6, 6.07) is 1.78. The molecule has 11 nitrogen and oxygen atoms in total. The molecule has 4 N–H and O–H groups in total. The highest BCUT2D eigenvalue weighted by atomic mass is 16.6. The molecule has 3 rings (SSSR count). The van der Waals surface area contributed by atoms with E-state index in [-0.39, 0.29) is 0 Å². The molecule has 0 radical (unpaired) electrons. The van der Waals surface area contributed by atoms with E-state index in [4.69, 9.17) is 9.84 Å². The third-order valence-corrected chi connectivity index (χ3v) is 2.97. The lowest BCUT2D eigenvalue weighted by Crippen LogP contribution is -2.39. The van der Waals surface area contributed by atoms with Crippen LogP contribution in [0, 0.1) is 0 Å². The van der Waals surface area contributed by atoms with Crippen molar-refractivity contribution in [2.45, 2.75) is 24.5 Å². The number of hydrogen-bond acceptors (Lipinski definition) is 9. The number of ether oxygens (including phenoxy) is 1. The molecule has 4 atom stereocenters. The van der Waals surface area contributed by atoms with Crippen molar-refractivity contribution in [3.05, 3.63) is 51.8 Å². The Morgan fingerprint density at radius 3 is 2.35 bits per heavy atom. The maximum absolute atomic E-state index is 11.4. The van der Waals surface area contributed by atoms with Crippen molar-refractivity contribution in [2.75, 3.05) is 6.61 Å². The van der Waals surface area contributed by atoms with Crippen LogP contribution in [-0.2, 0) is 4.74 Å². The highest BCUT2D eigenvalue weighted by molar-refractivity contribution is 4.88. The molecule has 0 aliphatic carbocycles. The zero-order chi connectivity index (χ0) is 16.8. The monoisotopic (exact) mass is 325 g/mol. The molecule has 1 fully saturated rings. The molecule has 0 spiro atoms. The molecule has 3 heterocycles. The molecular weight excluding hydrogens is 310 g/mol. The quantitative estimate of drug-likeness (QED) is 0.451. The summed E-state index contributed by atoms with van der Waals surface area (Å²) >= 11 is 0. The van der Waals surface area contributed by atoms with Crippen LogP contribution < -0.4 is 11.2 Å². The molecule has 0 unspecified atom stereocenters. The van der Waals surface area contributed by atoms with E-state index < -0.39 is 42.4 Å². The number of aromatic nitrogens is 5. The summed E-state index contributed by atoms with van der Waals surface area (Å²) in [7, 11) is 0. The fourth-order valence-corrected chi connectivity index (χ4v) is 1.88. The fraction of sp³-hybridized carbons (Fsp3) is 0.417. The second-order valence-corrected chi connectivity index (χ2v) is 4.52. The molecule has 23 heavy (non-hydrogen) atoms. The Labute approximate surface area is 128 Å². The third-order valence-electron chi connectivity index (χ3n) is 2.97. The van der Waals surface area contributed by atoms with Crippen LogP contribution >= 0.6 is 0 Å². The van der Waals surface area contributed by atoms with Crippen molar-refractivity contribution in [2.24, 2.45) is 0 Å². The van der Waals surface area contributed by atoms with Gasteiger partial charge in [0.1, 0.15) is 30.8 Å². The second kappa shape index (κ2) is 7.69. The molecule has 0 saturated carbocycles. The van der Waals surface area contributed by atoms with Gasteiger partial charge in [-0.1, -0.05) is 0 Å². The molecule has 0 bridgehead atoms. The Morgan fingerprint density at radius 1 is 1.22 bits per heavy atom. The van der Waals surface area contributed by atoms with E-state index in [0.717, 1.165) is 6.20 Å². The molecule has 1 saturated heterocycles. The highest BCUT2D eigenvalue weighted by Gasteiger charge is 2.44. The van der Waals surface area contributed by atoms with Gasteiger partial charge in [-0.15, -0.1) is 0 Å². The Balaban J connectivity index is 0.000000268. The predicted octanol–water partition coefficient (Wildman–Crippen LogP) is -2.98. The van der Waals surface area contributed by atoms with Gasteiger partial charge in [0.05, 0.1) is 6.61 Å². The van der Waals surface area contributed by atoms with E-state index >= 15 is 0 Å². The maximum atomic E-state index is 11.4.